The van der Waals surface area contributed by atoms with Crippen molar-refractivity contribution in [3.05, 3.63) is 131 Å². The molecule has 0 unspecified atom stereocenters. The predicted molar refractivity (Wildman–Crippen MR) is 142 cm³/mol. The molecule has 0 aromatic carbocycles. The first-order chi connectivity index (χ1) is 15.6. The summed E-state index contributed by atoms with van der Waals surface area (Å²) in [4.78, 5) is 21.3. The van der Waals surface area contributed by atoms with Crippen LogP contribution in [0.25, 0.3) is 0 Å². The van der Waals surface area contributed by atoms with E-state index < -0.39 is 5.97 Å². The second-order valence-electron chi connectivity index (χ2n) is 7.65. The lowest BCUT2D eigenvalue weighted by Crippen LogP contribution is -1.94. The van der Waals surface area contributed by atoms with Crippen molar-refractivity contribution in [2.45, 2.75) is 41.5 Å². The average molecular weight is 445 g/mol. The molecule has 0 aromatic rings. The van der Waals surface area contributed by atoms with Gasteiger partial charge in [-0.3, -0.25) is 4.79 Å². The van der Waals surface area contributed by atoms with Gasteiger partial charge in [-0.15, -0.1) is 0 Å². The molecule has 0 spiro atoms. The molecule has 1 N–H and O–H groups in total. The molecular weight excluding hydrogens is 408 g/mol. The number of carbonyl (C=O) groups is 2. The molecule has 0 aromatic heterocycles. The summed E-state index contributed by atoms with van der Waals surface area (Å²) in [6, 6.07) is 0. The number of rotatable bonds is 12. The molecule has 0 saturated heterocycles. The average Bonchev–Trinajstić information content (AvgIpc) is 2.76. The second-order valence-corrected chi connectivity index (χ2v) is 7.65. The smallest absolute Gasteiger partial charge is 0.331 e. The van der Waals surface area contributed by atoms with Crippen molar-refractivity contribution in [2.75, 3.05) is 0 Å². The Hall–Kier alpha value is -3.72. The van der Waals surface area contributed by atoms with E-state index in [9.17, 15) is 9.59 Å². The Morgan fingerprint density at radius 1 is 0.485 bits per heavy atom. The fourth-order valence-corrected chi connectivity index (χ4v) is 2.15. The number of aldehydes is 1. The summed E-state index contributed by atoms with van der Waals surface area (Å²) in [6.45, 7) is 11.4. The van der Waals surface area contributed by atoms with Crippen LogP contribution in [0.2, 0.25) is 0 Å². The van der Waals surface area contributed by atoms with Crippen LogP contribution < -0.4 is 0 Å². The lowest BCUT2D eigenvalue weighted by molar-refractivity contribution is -0.132. The van der Waals surface area contributed by atoms with E-state index in [1.54, 1.807) is 32.1 Å². The molecule has 0 rings (SSSR count). The van der Waals surface area contributed by atoms with Gasteiger partial charge in [0.15, 0.2) is 0 Å². The number of aliphatic carboxylic acids is 1. The Morgan fingerprint density at radius 2 is 0.788 bits per heavy atom. The number of allylic oxidation sites excluding steroid dienone is 21. The molecule has 0 aliphatic heterocycles. The van der Waals surface area contributed by atoms with Crippen LogP contribution in [0.15, 0.2) is 131 Å². The van der Waals surface area contributed by atoms with Gasteiger partial charge in [-0.25, -0.2) is 4.79 Å². The van der Waals surface area contributed by atoms with Crippen LogP contribution in [-0.4, -0.2) is 17.4 Å². The van der Waals surface area contributed by atoms with E-state index >= 15 is 0 Å². The van der Waals surface area contributed by atoms with Crippen LogP contribution in [0.5, 0.6) is 0 Å². The van der Waals surface area contributed by atoms with Crippen molar-refractivity contribution in [1.29, 1.82) is 0 Å². The first-order valence-corrected chi connectivity index (χ1v) is 10.8. The van der Waals surface area contributed by atoms with E-state index in [1.165, 1.54) is 0 Å². The summed E-state index contributed by atoms with van der Waals surface area (Å²) in [5, 5.41) is 8.81. The summed E-state index contributed by atoms with van der Waals surface area (Å²) in [5.41, 5.74) is 5.38. The Bertz CT molecular complexity index is 995. The second kappa shape index (κ2) is 17.9. The predicted octanol–water partition coefficient (Wildman–Crippen LogP) is 7.73. The molecule has 0 bridgehead atoms. The van der Waals surface area contributed by atoms with Crippen molar-refractivity contribution in [3.63, 3.8) is 0 Å². The Kier molecular flexibility index (Phi) is 15.9. The van der Waals surface area contributed by atoms with E-state index in [-0.39, 0.29) is 0 Å². The van der Waals surface area contributed by atoms with Gasteiger partial charge in [-0.2, -0.15) is 0 Å². The van der Waals surface area contributed by atoms with Crippen molar-refractivity contribution < 1.29 is 14.7 Å². The van der Waals surface area contributed by atoms with E-state index in [0.29, 0.717) is 11.1 Å². The molecule has 33 heavy (non-hydrogen) atoms. The minimum absolute atomic E-state index is 0.304. The summed E-state index contributed by atoms with van der Waals surface area (Å²) < 4.78 is 0. The van der Waals surface area contributed by atoms with Crippen LogP contribution in [0, 0.1) is 0 Å². The largest absolute Gasteiger partial charge is 0.478 e. The maximum atomic E-state index is 10.7. The number of hydrogen-bond acceptors (Lipinski definition) is 2. The molecule has 174 valence electrons. The lowest BCUT2D eigenvalue weighted by atomic mass is 10.2. The maximum absolute atomic E-state index is 10.7. The Balaban J connectivity index is 4.75. The van der Waals surface area contributed by atoms with Gasteiger partial charge in [0.1, 0.15) is 6.29 Å². The van der Waals surface area contributed by atoms with Gasteiger partial charge >= 0.3 is 5.97 Å². The van der Waals surface area contributed by atoms with E-state index in [0.717, 1.165) is 28.6 Å². The van der Waals surface area contributed by atoms with Gasteiger partial charge in [0.2, 0.25) is 0 Å². The van der Waals surface area contributed by atoms with Crippen LogP contribution in [0.3, 0.4) is 0 Å². The van der Waals surface area contributed by atoms with Crippen LogP contribution >= 0.6 is 0 Å². The summed E-state index contributed by atoms with van der Waals surface area (Å²) in [7, 11) is 0. The third-order valence-corrected chi connectivity index (χ3v) is 4.21. The molecule has 0 radical (unpaired) electrons. The fraction of sp³-hybridized carbons (Fsp3) is 0.200. The Labute approximate surface area is 199 Å². The van der Waals surface area contributed by atoms with Crippen molar-refractivity contribution in [2.24, 2.45) is 0 Å². The number of hydrogen-bond donors (Lipinski definition) is 1. The van der Waals surface area contributed by atoms with Gasteiger partial charge in [-0.05, 0) is 47.1 Å². The van der Waals surface area contributed by atoms with Crippen molar-refractivity contribution >= 4 is 12.3 Å². The van der Waals surface area contributed by atoms with Crippen LogP contribution in [-0.2, 0) is 9.59 Å². The van der Waals surface area contributed by atoms with Gasteiger partial charge in [-0.1, -0.05) is 120 Å². The third kappa shape index (κ3) is 17.6. The number of carboxylic acids is 1. The van der Waals surface area contributed by atoms with E-state index in [2.05, 4.69) is 0 Å². The highest BCUT2D eigenvalue weighted by Gasteiger charge is 1.95. The molecular formula is C30H36O3. The molecule has 0 fully saturated rings. The molecule has 0 saturated carbocycles. The van der Waals surface area contributed by atoms with Gasteiger partial charge < -0.3 is 5.11 Å². The van der Waals surface area contributed by atoms with Crippen LogP contribution in [0.4, 0.5) is 0 Å². The highest BCUT2D eigenvalue weighted by atomic mass is 16.4. The van der Waals surface area contributed by atoms with Crippen LogP contribution in [0.1, 0.15) is 41.5 Å². The lowest BCUT2D eigenvalue weighted by Gasteiger charge is -1.91. The highest BCUT2D eigenvalue weighted by molar-refractivity contribution is 5.86. The third-order valence-electron chi connectivity index (χ3n) is 4.21. The first-order valence-electron chi connectivity index (χ1n) is 10.8. The quantitative estimate of drug-likeness (QED) is 0.190. The zero-order valence-electron chi connectivity index (χ0n) is 20.6. The van der Waals surface area contributed by atoms with E-state index in [4.69, 9.17) is 5.11 Å². The summed E-state index contributed by atoms with van der Waals surface area (Å²) >= 11 is 0. The van der Waals surface area contributed by atoms with Gasteiger partial charge in [0.25, 0.3) is 0 Å². The molecule has 3 nitrogen and oxygen atoms in total. The minimum Gasteiger partial charge on any atom is -0.478 e. The maximum Gasteiger partial charge on any atom is 0.331 e. The van der Waals surface area contributed by atoms with Gasteiger partial charge in [0, 0.05) is 5.57 Å². The monoisotopic (exact) mass is 444 g/mol. The zero-order valence-corrected chi connectivity index (χ0v) is 20.6. The molecule has 3 heteroatoms. The topological polar surface area (TPSA) is 54.4 Å². The standard InChI is InChI=1S/C30H36O3/c1-24(15-9-17-26(3)19-11-21-28(5)23-31)13-7-8-14-25(2)16-10-18-27(4)20-12-22-29(6)30(32)33/h7-23H,1-6H3,(H,32,33)/b8-7+,15-9+,16-10+,19-11+,20-12+,24-13+,25-14+,26-17+,27-18+,28-21?,29-22+. The molecule has 0 amide bonds. The van der Waals surface area contributed by atoms with Gasteiger partial charge in [0.05, 0.1) is 0 Å². The zero-order chi connectivity index (χ0) is 25.1. The normalized spacial score (nSPS) is 15.8. The summed E-state index contributed by atoms with van der Waals surface area (Å²) in [5.74, 6) is -0.910. The Morgan fingerprint density at radius 3 is 1.12 bits per heavy atom. The number of carbonyl (C=O) groups excluding carboxylic acids is 1. The SMILES string of the molecule is CC(C=O)=C/C=C/C(C)=C/C=C/C(C)=C/C=C/C=C(C)/C=C/C=C(C)/C=C/C=C(\C)C(=O)O. The fourth-order valence-electron chi connectivity index (χ4n) is 2.15. The van der Waals surface area contributed by atoms with Crippen molar-refractivity contribution in [1.82, 2.24) is 0 Å². The molecule has 0 atom stereocenters. The minimum atomic E-state index is -0.910. The molecule has 0 aliphatic carbocycles. The van der Waals surface area contributed by atoms with E-state index in [1.807, 2.05) is 107 Å². The number of carboxylic acid groups (broad SMARTS) is 1. The molecule has 0 aliphatic rings. The first kappa shape index (κ1) is 29.3. The highest BCUT2D eigenvalue weighted by Crippen LogP contribution is 2.03. The summed E-state index contributed by atoms with van der Waals surface area (Å²) in [6.07, 6.45) is 31.7. The molecule has 0 heterocycles. The van der Waals surface area contributed by atoms with Crippen molar-refractivity contribution in [3.8, 4) is 0 Å².